The lowest BCUT2D eigenvalue weighted by Crippen LogP contribution is -2.39. The summed E-state index contributed by atoms with van der Waals surface area (Å²) in [5.41, 5.74) is 0. The zero-order valence-corrected chi connectivity index (χ0v) is 11.6. The molecule has 2 heterocycles. The van der Waals surface area contributed by atoms with Gasteiger partial charge in [0.1, 0.15) is 0 Å². The molecule has 1 fully saturated rings. The molecule has 1 amide bonds. The number of carbonyl (C=O) groups excluding carboxylic acids is 1. The molecule has 1 aliphatic heterocycles. The first-order valence-corrected chi connectivity index (χ1v) is 6.70. The molecular weight excluding hydrogens is 256 g/mol. The molecular formula is C12H19ClN2OS. The molecule has 1 unspecified atom stereocenters. The van der Waals surface area contributed by atoms with Crippen molar-refractivity contribution in [1.82, 2.24) is 10.6 Å². The Balaban J connectivity index is 0.00000144. The Hall–Kier alpha value is -0.580. The van der Waals surface area contributed by atoms with Crippen LogP contribution in [0.15, 0.2) is 12.1 Å². The fourth-order valence-electron chi connectivity index (χ4n) is 1.91. The molecule has 0 bridgehead atoms. The van der Waals surface area contributed by atoms with Crippen molar-refractivity contribution in [2.45, 2.75) is 38.8 Å². The highest BCUT2D eigenvalue weighted by atomic mass is 35.5. The van der Waals surface area contributed by atoms with Gasteiger partial charge in [0, 0.05) is 9.75 Å². The van der Waals surface area contributed by atoms with Gasteiger partial charge in [-0.3, -0.25) is 4.79 Å². The lowest BCUT2D eigenvalue weighted by Gasteiger charge is -2.09. The number of thiophene rings is 1. The van der Waals surface area contributed by atoms with E-state index in [-0.39, 0.29) is 24.4 Å². The molecule has 2 rings (SSSR count). The average Bonchev–Trinajstić information content (AvgIpc) is 2.96. The highest BCUT2D eigenvalue weighted by Gasteiger charge is 2.21. The van der Waals surface area contributed by atoms with Crippen LogP contribution in [0.4, 0.5) is 0 Å². The van der Waals surface area contributed by atoms with Crippen LogP contribution >= 0.6 is 23.7 Å². The fraction of sp³-hybridized carbons (Fsp3) is 0.583. The number of hydrogen-bond acceptors (Lipinski definition) is 3. The summed E-state index contributed by atoms with van der Waals surface area (Å²) in [7, 11) is 0. The van der Waals surface area contributed by atoms with Gasteiger partial charge in [-0.15, -0.1) is 23.7 Å². The minimum atomic E-state index is 0. The summed E-state index contributed by atoms with van der Waals surface area (Å²) in [6.07, 6.45) is 3.15. The van der Waals surface area contributed by atoms with E-state index < -0.39 is 0 Å². The summed E-state index contributed by atoms with van der Waals surface area (Å²) in [4.78, 5) is 14.3. The molecule has 1 atom stereocenters. The van der Waals surface area contributed by atoms with Crippen molar-refractivity contribution in [3.05, 3.63) is 21.9 Å². The van der Waals surface area contributed by atoms with E-state index >= 15 is 0 Å². The molecule has 1 aromatic heterocycles. The predicted octanol–water partition coefficient (Wildman–Crippen LogP) is 2.10. The van der Waals surface area contributed by atoms with E-state index in [0.29, 0.717) is 6.54 Å². The van der Waals surface area contributed by atoms with Crippen molar-refractivity contribution in [2.75, 3.05) is 6.54 Å². The second-order valence-corrected chi connectivity index (χ2v) is 5.34. The molecule has 96 valence electrons. The Morgan fingerprint density at radius 1 is 1.53 bits per heavy atom. The van der Waals surface area contributed by atoms with Gasteiger partial charge < -0.3 is 10.6 Å². The third kappa shape index (κ3) is 3.98. The van der Waals surface area contributed by atoms with Crippen LogP contribution in [0.1, 0.15) is 29.5 Å². The van der Waals surface area contributed by atoms with Crippen molar-refractivity contribution in [2.24, 2.45) is 0 Å². The van der Waals surface area contributed by atoms with Gasteiger partial charge in [-0.05, 0) is 37.9 Å². The standard InChI is InChI=1S/C12H18N2OS.ClH/c1-2-9-5-6-10(16-9)8-14-12(15)11-4-3-7-13-11;/h5-6,11,13H,2-4,7-8H2,1H3,(H,14,15);1H. The van der Waals surface area contributed by atoms with Gasteiger partial charge in [-0.25, -0.2) is 0 Å². The molecule has 1 aromatic rings. The monoisotopic (exact) mass is 274 g/mol. The van der Waals surface area contributed by atoms with Crippen LogP contribution < -0.4 is 10.6 Å². The Morgan fingerprint density at radius 3 is 2.88 bits per heavy atom. The maximum Gasteiger partial charge on any atom is 0.237 e. The SMILES string of the molecule is CCc1ccc(CNC(=O)C2CCCN2)s1.Cl. The molecule has 5 heteroatoms. The second-order valence-electron chi connectivity index (χ2n) is 4.09. The van der Waals surface area contributed by atoms with Crippen molar-refractivity contribution < 1.29 is 4.79 Å². The quantitative estimate of drug-likeness (QED) is 0.883. The summed E-state index contributed by atoms with van der Waals surface area (Å²) in [5.74, 6) is 0.143. The first-order valence-electron chi connectivity index (χ1n) is 5.88. The number of carbonyl (C=O) groups is 1. The molecule has 17 heavy (non-hydrogen) atoms. The molecule has 1 aliphatic rings. The van der Waals surface area contributed by atoms with E-state index in [0.717, 1.165) is 25.8 Å². The van der Waals surface area contributed by atoms with E-state index in [1.807, 2.05) is 0 Å². The summed E-state index contributed by atoms with van der Waals surface area (Å²) < 4.78 is 0. The normalized spacial score (nSPS) is 18.8. The smallest absolute Gasteiger partial charge is 0.237 e. The second kappa shape index (κ2) is 6.99. The van der Waals surface area contributed by atoms with Crippen molar-refractivity contribution in [3.63, 3.8) is 0 Å². The van der Waals surface area contributed by atoms with E-state index in [1.165, 1.54) is 9.75 Å². The minimum Gasteiger partial charge on any atom is -0.350 e. The van der Waals surface area contributed by atoms with Gasteiger partial charge in [0.2, 0.25) is 5.91 Å². The summed E-state index contributed by atoms with van der Waals surface area (Å²) in [6.45, 7) is 3.79. The molecule has 1 saturated heterocycles. The summed E-state index contributed by atoms with van der Waals surface area (Å²) >= 11 is 1.78. The fourth-order valence-corrected chi connectivity index (χ4v) is 2.81. The predicted molar refractivity (Wildman–Crippen MR) is 73.8 cm³/mol. The molecule has 3 nitrogen and oxygen atoms in total. The number of amides is 1. The van der Waals surface area contributed by atoms with Crippen LogP contribution in [0.2, 0.25) is 0 Å². The van der Waals surface area contributed by atoms with Crippen LogP contribution in [-0.2, 0) is 17.8 Å². The van der Waals surface area contributed by atoms with Gasteiger partial charge in [0.05, 0.1) is 12.6 Å². The Labute approximate surface area is 112 Å². The van der Waals surface area contributed by atoms with Crippen LogP contribution in [-0.4, -0.2) is 18.5 Å². The molecule has 0 aromatic carbocycles. The third-order valence-corrected chi connectivity index (χ3v) is 4.11. The van der Waals surface area contributed by atoms with Crippen LogP contribution in [0.25, 0.3) is 0 Å². The van der Waals surface area contributed by atoms with Gasteiger partial charge in [0.15, 0.2) is 0 Å². The van der Waals surface area contributed by atoms with Crippen molar-refractivity contribution in [1.29, 1.82) is 0 Å². The average molecular weight is 275 g/mol. The Bertz CT molecular complexity index is 361. The van der Waals surface area contributed by atoms with E-state index in [2.05, 4.69) is 29.7 Å². The molecule has 0 saturated carbocycles. The molecule has 2 N–H and O–H groups in total. The number of halogens is 1. The largest absolute Gasteiger partial charge is 0.350 e. The molecule has 0 radical (unpaired) electrons. The van der Waals surface area contributed by atoms with E-state index in [4.69, 9.17) is 0 Å². The lowest BCUT2D eigenvalue weighted by molar-refractivity contribution is -0.122. The summed E-state index contributed by atoms with van der Waals surface area (Å²) in [6, 6.07) is 4.27. The van der Waals surface area contributed by atoms with Gasteiger partial charge in [-0.2, -0.15) is 0 Å². The molecule has 0 aliphatic carbocycles. The maximum atomic E-state index is 11.7. The number of hydrogen-bond donors (Lipinski definition) is 2. The molecule has 0 spiro atoms. The highest BCUT2D eigenvalue weighted by Crippen LogP contribution is 2.16. The lowest BCUT2D eigenvalue weighted by atomic mass is 10.2. The highest BCUT2D eigenvalue weighted by molar-refractivity contribution is 7.11. The number of aryl methyl sites for hydroxylation is 1. The number of nitrogens with one attached hydrogen (secondary N) is 2. The van der Waals surface area contributed by atoms with Gasteiger partial charge >= 0.3 is 0 Å². The van der Waals surface area contributed by atoms with Crippen molar-refractivity contribution >= 4 is 29.7 Å². The van der Waals surface area contributed by atoms with Crippen LogP contribution in [0.5, 0.6) is 0 Å². The maximum absolute atomic E-state index is 11.7. The number of rotatable bonds is 4. The van der Waals surface area contributed by atoms with Crippen LogP contribution in [0.3, 0.4) is 0 Å². The van der Waals surface area contributed by atoms with E-state index in [1.54, 1.807) is 11.3 Å². The zero-order valence-electron chi connectivity index (χ0n) is 9.99. The Morgan fingerprint density at radius 2 is 2.29 bits per heavy atom. The minimum absolute atomic E-state index is 0. The van der Waals surface area contributed by atoms with Crippen molar-refractivity contribution in [3.8, 4) is 0 Å². The van der Waals surface area contributed by atoms with Gasteiger partial charge in [0.25, 0.3) is 0 Å². The Kier molecular flexibility index (Phi) is 5.95. The summed E-state index contributed by atoms with van der Waals surface area (Å²) in [5, 5.41) is 6.19. The third-order valence-electron chi connectivity index (χ3n) is 2.88. The topological polar surface area (TPSA) is 41.1 Å². The first kappa shape index (κ1) is 14.5. The zero-order chi connectivity index (χ0) is 11.4. The first-order chi connectivity index (χ1) is 7.79. The van der Waals surface area contributed by atoms with Crippen LogP contribution in [0, 0.1) is 0 Å². The van der Waals surface area contributed by atoms with Gasteiger partial charge in [-0.1, -0.05) is 6.92 Å². The van der Waals surface area contributed by atoms with E-state index in [9.17, 15) is 4.79 Å².